The van der Waals surface area contributed by atoms with E-state index in [2.05, 4.69) is 12.2 Å². The molecule has 4 heteroatoms. The molecule has 1 aromatic rings. The number of esters is 1. The SMILES string of the molecule is CCCC(C)OC(=O)c1ccc(NCCO)cc1. The van der Waals surface area contributed by atoms with Gasteiger partial charge in [-0.05, 0) is 37.6 Å². The highest BCUT2D eigenvalue weighted by molar-refractivity contribution is 5.89. The van der Waals surface area contributed by atoms with Crippen molar-refractivity contribution in [2.45, 2.75) is 32.8 Å². The van der Waals surface area contributed by atoms with Crippen molar-refractivity contribution >= 4 is 11.7 Å². The molecule has 1 rings (SSSR count). The molecule has 0 fully saturated rings. The average molecular weight is 251 g/mol. The van der Waals surface area contributed by atoms with Gasteiger partial charge in [-0.3, -0.25) is 0 Å². The maximum Gasteiger partial charge on any atom is 0.338 e. The van der Waals surface area contributed by atoms with Crippen LogP contribution in [0.2, 0.25) is 0 Å². The Bertz CT molecular complexity index is 362. The molecule has 100 valence electrons. The monoisotopic (exact) mass is 251 g/mol. The van der Waals surface area contributed by atoms with E-state index in [0.29, 0.717) is 12.1 Å². The molecule has 18 heavy (non-hydrogen) atoms. The van der Waals surface area contributed by atoms with Crippen LogP contribution in [0.25, 0.3) is 0 Å². The second-order valence-electron chi connectivity index (χ2n) is 4.23. The van der Waals surface area contributed by atoms with Crippen LogP contribution < -0.4 is 5.32 Å². The zero-order valence-electron chi connectivity index (χ0n) is 11.0. The van der Waals surface area contributed by atoms with Crippen molar-refractivity contribution in [1.29, 1.82) is 0 Å². The number of carbonyl (C=O) groups is 1. The number of ether oxygens (including phenoxy) is 1. The Morgan fingerprint density at radius 3 is 2.61 bits per heavy atom. The van der Waals surface area contributed by atoms with E-state index < -0.39 is 0 Å². The molecule has 1 atom stereocenters. The molecule has 0 spiro atoms. The molecule has 1 aromatic carbocycles. The second-order valence-corrected chi connectivity index (χ2v) is 4.23. The summed E-state index contributed by atoms with van der Waals surface area (Å²) >= 11 is 0. The average Bonchev–Trinajstić information content (AvgIpc) is 2.37. The molecule has 0 saturated carbocycles. The highest BCUT2D eigenvalue weighted by atomic mass is 16.5. The van der Waals surface area contributed by atoms with Gasteiger partial charge in [-0.25, -0.2) is 4.79 Å². The van der Waals surface area contributed by atoms with E-state index >= 15 is 0 Å². The zero-order valence-corrected chi connectivity index (χ0v) is 11.0. The highest BCUT2D eigenvalue weighted by Gasteiger charge is 2.10. The first-order chi connectivity index (χ1) is 8.67. The summed E-state index contributed by atoms with van der Waals surface area (Å²) < 4.78 is 5.30. The molecule has 0 heterocycles. The molecule has 0 bridgehead atoms. The Hall–Kier alpha value is -1.55. The second kappa shape index (κ2) is 7.71. The molecular formula is C14H21NO3. The van der Waals surface area contributed by atoms with Gasteiger partial charge in [-0.15, -0.1) is 0 Å². The lowest BCUT2D eigenvalue weighted by atomic mass is 10.2. The number of hydrogen-bond donors (Lipinski definition) is 2. The molecule has 4 nitrogen and oxygen atoms in total. The van der Waals surface area contributed by atoms with Crippen molar-refractivity contribution in [2.75, 3.05) is 18.5 Å². The van der Waals surface area contributed by atoms with Gasteiger partial charge in [0.15, 0.2) is 0 Å². The van der Waals surface area contributed by atoms with Gasteiger partial charge in [-0.2, -0.15) is 0 Å². The van der Waals surface area contributed by atoms with Crippen molar-refractivity contribution < 1.29 is 14.6 Å². The van der Waals surface area contributed by atoms with Crippen LogP contribution in [0.3, 0.4) is 0 Å². The summed E-state index contributed by atoms with van der Waals surface area (Å²) in [5.41, 5.74) is 1.43. The van der Waals surface area contributed by atoms with E-state index in [0.717, 1.165) is 18.5 Å². The third-order valence-corrected chi connectivity index (χ3v) is 2.56. The normalized spacial score (nSPS) is 11.9. The van der Waals surface area contributed by atoms with Crippen LogP contribution in [0.15, 0.2) is 24.3 Å². The predicted molar refractivity (Wildman–Crippen MR) is 71.8 cm³/mol. The summed E-state index contributed by atoms with van der Waals surface area (Å²) in [5.74, 6) is -0.287. The molecule has 0 aliphatic heterocycles. The van der Waals surface area contributed by atoms with E-state index in [-0.39, 0.29) is 18.7 Å². The molecule has 0 aliphatic rings. The topological polar surface area (TPSA) is 58.6 Å². The first-order valence-electron chi connectivity index (χ1n) is 6.33. The van der Waals surface area contributed by atoms with E-state index in [9.17, 15) is 4.79 Å². The summed E-state index contributed by atoms with van der Waals surface area (Å²) in [6, 6.07) is 7.05. The van der Waals surface area contributed by atoms with Crippen LogP contribution >= 0.6 is 0 Å². The lowest BCUT2D eigenvalue weighted by molar-refractivity contribution is 0.0323. The van der Waals surface area contributed by atoms with Crippen LogP contribution in [0, 0.1) is 0 Å². The van der Waals surface area contributed by atoms with Crippen LogP contribution in [0.4, 0.5) is 5.69 Å². The molecular weight excluding hydrogens is 230 g/mol. The highest BCUT2D eigenvalue weighted by Crippen LogP contribution is 2.12. The number of benzene rings is 1. The number of rotatable bonds is 7. The maximum atomic E-state index is 11.8. The first kappa shape index (κ1) is 14.5. The molecule has 2 N–H and O–H groups in total. The van der Waals surface area contributed by atoms with Gasteiger partial charge in [-0.1, -0.05) is 13.3 Å². The molecule has 0 aliphatic carbocycles. The third-order valence-electron chi connectivity index (χ3n) is 2.56. The van der Waals surface area contributed by atoms with Crippen LogP contribution in [0.5, 0.6) is 0 Å². The number of aliphatic hydroxyl groups is 1. The van der Waals surface area contributed by atoms with Gasteiger partial charge < -0.3 is 15.2 Å². The molecule has 0 aromatic heterocycles. The van der Waals surface area contributed by atoms with Gasteiger partial charge in [0.05, 0.1) is 18.3 Å². The summed E-state index contributed by atoms with van der Waals surface area (Å²) in [4.78, 5) is 11.8. The minimum atomic E-state index is -0.287. The third kappa shape index (κ3) is 4.75. The standard InChI is InChI=1S/C14H21NO3/c1-3-4-11(2)18-14(17)12-5-7-13(8-6-12)15-9-10-16/h5-8,11,15-16H,3-4,9-10H2,1-2H3. The smallest absolute Gasteiger partial charge is 0.338 e. The Labute approximate surface area is 108 Å². The molecule has 0 radical (unpaired) electrons. The van der Waals surface area contributed by atoms with Crippen LogP contribution in [-0.2, 0) is 4.74 Å². The minimum Gasteiger partial charge on any atom is -0.459 e. The summed E-state index contributed by atoms with van der Waals surface area (Å²) in [5, 5.41) is 11.7. The number of hydrogen-bond acceptors (Lipinski definition) is 4. The van der Waals surface area contributed by atoms with E-state index in [1.807, 2.05) is 6.92 Å². The summed E-state index contributed by atoms with van der Waals surface area (Å²) in [6.07, 6.45) is 1.83. The Morgan fingerprint density at radius 2 is 2.06 bits per heavy atom. The first-order valence-corrected chi connectivity index (χ1v) is 6.33. The quantitative estimate of drug-likeness (QED) is 0.731. The van der Waals surface area contributed by atoms with Gasteiger partial charge in [0.1, 0.15) is 0 Å². The Morgan fingerprint density at radius 1 is 1.39 bits per heavy atom. The van der Waals surface area contributed by atoms with Crippen LogP contribution in [0.1, 0.15) is 37.0 Å². The summed E-state index contributed by atoms with van der Waals surface area (Å²) in [6.45, 7) is 4.54. The number of carbonyl (C=O) groups excluding carboxylic acids is 1. The van der Waals surface area contributed by atoms with Crippen molar-refractivity contribution in [3.05, 3.63) is 29.8 Å². The lowest BCUT2D eigenvalue weighted by Gasteiger charge is -2.12. The summed E-state index contributed by atoms with van der Waals surface area (Å²) in [7, 11) is 0. The van der Waals surface area contributed by atoms with Gasteiger partial charge in [0.25, 0.3) is 0 Å². The Balaban J connectivity index is 2.53. The minimum absolute atomic E-state index is 0.0466. The largest absolute Gasteiger partial charge is 0.459 e. The van der Waals surface area contributed by atoms with Gasteiger partial charge in [0.2, 0.25) is 0 Å². The Kier molecular flexibility index (Phi) is 6.22. The van der Waals surface area contributed by atoms with Crippen LogP contribution in [-0.4, -0.2) is 30.3 Å². The molecule has 0 saturated heterocycles. The fourth-order valence-electron chi connectivity index (χ4n) is 1.64. The van der Waals surface area contributed by atoms with Gasteiger partial charge >= 0.3 is 5.97 Å². The van der Waals surface area contributed by atoms with Crippen molar-refractivity contribution in [3.63, 3.8) is 0 Å². The lowest BCUT2D eigenvalue weighted by Crippen LogP contribution is -2.14. The van der Waals surface area contributed by atoms with E-state index in [1.165, 1.54) is 0 Å². The fraction of sp³-hybridized carbons (Fsp3) is 0.500. The fourth-order valence-corrected chi connectivity index (χ4v) is 1.64. The number of aliphatic hydroxyl groups excluding tert-OH is 1. The van der Waals surface area contributed by atoms with Gasteiger partial charge in [0, 0.05) is 12.2 Å². The predicted octanol–water partition coefficient (Wildman–Crippen LogP) is 2.44. The maximum absolute atomic E-state index is 11.8. The molecule has 1 unspecified atom stereocenters. The number of anilines is 1. The zero-order chi connectivity index (χ0) is 13.4. The van der Waals surface area contributed by atoms with Crippen molar-refractivity contribution in [2.24, 2.45) is 0 Å². The van der Waals surface area contributed by atoms with E-state index in [4.69, 9.17) is 9.84 Å². The molecule has 0 amide bonds. The van der Waals surface area contributed by atoms with Crippen molar-refractivity contribution in [1.82, 2.24) is 0 Å². The number of nitrogens with one attached hydrogen (secondary N) is 1. The van der Waals surface area contributed by atoms with E-state index in [1.54, 1.807) is 24.3 Å². The van der Waals surface area contributed by atoms with Crippen molar-refractivity contribution in [3.8, 4) is 0 Å².